The Morgan fingerprint density at radius 1 is 1.00 bits per heavy atom. The molecule has 1 heterocycles. The number of carbonyl (C=O) groups excluding carboxylic acids is 1. The Hall–Kier alpha value is -2.54. The van der Waals surface area contributed by atoms with Gasteiger partial charge in [-0.1, -0.05) is 36.4 Å². The molecule has 24 heavy (non-hydrogen) atoms. The van der Waals surface area contributed by atoms with E-state index in [9.17, 15) is 17.6 Å². The number of hydrogen-bond donors (Lipinski definition) is 2. The first-order valence-corrected chi connectivity index (χ1v) is 8.70. The van der Waals surface area contributed by atoms with Gasteiger partial charge in [-0.05, 0) is 28.8 Å². The Bertz CT molecular complexity index is 837. The normalized spacial score (nSPS) is 20.2. The van der Waals surface area contributed by atoms with Crippen LogP contribution >= 0.6 is 0 Å². The molecule has 0 bridgehead atoms. The van der Waals surface area contributed by atoms with Crippen molar-refractivity contribution in [2.45, 2.75) is 17.6 Å². The summed E-state index contributed by atoms with van der Waals surface area (Å²) in [5, 5.41) is 3.88. The van der Waals surface area contributed by atoms with Crippen LogP contribution in [0.1, 0.15) is 28.5 Å². The number of hydrogen-bond acceptors (Lipinski definition) is 4. The Kier molecular flexibility index (Phi) is 4.71. The topological polar surface area (TPSA) is 75.6 Å². The molecule has 0 radical (unpaired) electrons. The third-order valence-corrected chi connectivity index (χ3v) is 4.58. The molecule has 1 aliphatic rings. The molecule has 0 saturated heterocycles. The van der Waals surface area contributed by atoms with Crippen molar-refractivity contribution in [3.8, 4) is 0 Å². The first-order valence-electron chi connectivity index (χ1n) is 7.34. The molecular formula is C17H15FN2O3S. The summed E-state index contributed by atoms with van der Waals surface area (Å²) in [6.45, 7) is 0. The average molecular weight is 346 g/mol. The highest BCUT2D eigenvalue weighted by Crippen LogP contribution is 2.34. The maximum Gasteiger partial charge on any atom is 0.248 e. The zero-order chi connectivity index (χ0) is 17.1. The Labute approximate surface area is 140 Å². The summed E-state index contributed by atoms with van der Waals surface area (Å²) in [5.41, 5.74) is 4.66. The monoisotopic (exact) mass is 346 g/mol. The number of rotatable bonds is 4. The van der Waals surface area contributed by atoms with Gasteiger partial charge in [0.05, 0.1) is 11.7 Å². The molecule has 7 heteroatoms. The fourth-order valence-corrected chi connectivity index (χ4v) is 3.31. The van der Waals surface area contributed by atoms with E-state index < -0.39 is 16.6 Å². The number of nitrogens with one attached hydrogen (secondary N) is 1. The van der Waals surface area contributed by atoms with Crippen LogP contribution in [0, 0.1) is 5.82 Å². The van der Waals surface area contributed by atoms with Crippen LogP contribution in [0.2, 0.25) is 0 Å². The van der Waals surface area contributed by atoms with Gasteiger partial charge in [0.15, 0.2) is 0 Å². The summed E-state index contributed by atoms with van der Waals surface area (Å²) in [4.78, 5) is 12.3. The second-order valence-electron chi connectivity index (χ2n) is 5.54. The van der Waals surface area contributed by atoms with Gasteiger partial charge in [-0.2, -0.15) is 5.10 Å². The van der Waals surface area contributed by atoms with Gasteiger partial charge >= 0.3 is 0 Å². The van der Waals surface area contributed by atoms with Crippen LogP contribution < -0.4 is 5.43 Å². The molecule has 2 aromatic rings. The summed E-state index contributed by atoms with van der Waals surface area (Å²) in [7, 11) is -2.48. The molecule has 0 aromatic heterocycles. The van der Waals surface area contributed by atoms with E-state index in [1.165, 1.54) is 12.1 Å². The van der Waals surface area contributed by atoms with Crippen molar-refractivity contribution in [1.82, 2.24) is 5.43 Å². The standard InChI is InChI=1S/C17H15FN2O3S/c18-14-7-5-13(6-8-14)16-15(9-19-20-17(16)21)12-3-1-11(2-4-12)10-24(22)23/h1-9,15-16,24H,10H2,(H,20,21). The van der Waals surface area contributed by atoms with Crippen LogP contribution in [0.15, 0.2) is 53.6 Å². The molecule has 5 nitrogen and oxygen atoms in total. The molecule has 0 fully saturated rings. The van der Waals surface area contributed by atoms with Crippen molar-refractivity contribution >= 4 is 22.8 Å². The maximum atomic E-state index is 13.1. The molecule has 3 rings (SSSR count). The van der Waals surface area contributed by atoms with Gasteiger partial charge in [-0.3, -0.25) is 4.79 Å². The molecule has 1 aliphatic heterocycles. The van der Waals surface area contributed by atoms with Crippen molar-refractivity contribution in [2.75, 3.05) is 0 Å². The minimum Gasteiger partial charge on any atom is -0.272 e. The van der Waals surface area contributed by atoms with Crippen LogP contribution in [-0.4, -0.2) is 20.5 Å². The summed E-state index contributed by atoms with van der Waals surface area (Å²) in [6, 6.07) is 12.8. The predicted molar refractivity (Wildman–Crippen MR) is 89.0 cm³/mol. The van der Waals surface area contributed by atoms with E-state index in [4.69, 9.17) is 0 Å². The average Bonchev–Trinajstić information content (AvgIpc) is 2.56. The van der Waals surface area contributed by atoms with Gasteiger partial charge in [-0.25, -0.2) is 18.2 Å². The van der Waals surface area contributed by atoms with Gasteiger partial charge in [0.1, 0.15) is 16.5 Å². The Morgan fingerprint density at radius 3 is 2.25 bits per heavy atom. The molecule has 1 N–H and O–H groups in total. The van der Waals surface area contributed by atoms with Crippen molar-refractivity contribution in [1.29, 1.82) is 0 Å². The lowest BCUT2D eigenvalue weighted by atomic mass is 9.81. The van der Waals surface area contributed by atoms with Crippen LogP contribution in [0.5, 0.6) is 0 Å². The smallest absolute Gasteiger partial charge is 0.248 e. The minimum atomic E-state index is -2.48. The van der Waals surface area contributed by atoms with Gasteiger partial charge in [0, 0.05) is 12.1 Å². The minimum absolute atomic E-state index is 0.0176. The second kappa shape index (κ2) is 6.92. The molecule has 1 amide bonds. The van der Waals surface area contributed by atoms with Crippen LogP contribution in [0.3, 0.4) is 0 Å². The summed E-state index contributed by atoms with van der Waals surface area (Å²) >= 11 is 0. The van der Waals surface area contributed by atoms with E-state index in [2.05, 4.69) is 10.5 Å². The van der Waals surface area contributed by atoms with Crippen molar-refractivity contribution in [3.05, 3.63) is 71.0 Å². The summed E-state index contributed by atoms with van der Waals surface area (Å²) < 4.78 is 34.7. The fourth-order valence-electron chi connectivity index (χ4n) is 2.80. The van der Waals surface area contributed by atoms with Crippen molar-refractivity contribution < 1.29 is 17.6 Å². The quantitative estimate of drug-likeness (QED) is 0.831. The van der Waals surface area contributed by atoms with E-state index in [-0.39, 0.29) is 23.4 Å². The van der Waals surface area contributed by atoms with Gasteiger partial charge in [-0.15, -0.1) is 0 Å². The van der Waals surface area contributed by atoms with Crippen LogP contribution in [-0.2, 0) is 21.3 Å². The van der Waals surface area contributed by atoms with Crippen molar-refractivity contribution in [3.63, 3.8) is 0 Å². The zero-order valence-electron chi connectivity index (χ0n) is 12.6. The molecule has 2 aromatic carbocycles. The third kappa shape index (κ3) is 3.51. The summed E-state index contributed by atoms with van der Waals surface area (Å²) in [5.74, 6) is -1.47. The predicted octanol–water partition coefficient (Wildman–Crippen LogP) is 1.92. The Morgan fingerprint density at radius 2 is 1.62 bits per heavy atom. The van der Waals surface area contributed by atoms with E-state index in [1.807, 2.05) is 0 Å². The molecule has 124 valence electrons. The summed E-state index contributed by atoms with van der Waals surface area (Å²) in [6.07, 6.45) is 1.64. The third-order valence-electron chi connectivity index (χ3n) is 3.96. The van der Waals surface area contributed by atoms with Gasteiger partial charge in [0.2, 0.25) is 5.91 Å². The molecule has 0 aliphatic carbocycles. The van der Waals surface area contributed by atoms with Gasteiger partial charge < -0.3 is 0 Å². The number of thiol groups is 1. The number of halogens is 1. The lowest BCUT2D eigenvalue weighted by Crippen LogP contribution is -2.34. The first kappa shape index (κ1) is 16.3. The highest BCUT2D eigenvalue weighted by atomic mass is 32.2. The molecule has 2 atom stereocenters. The van der Waals surface area contributed by atoms with E-state index in [1.54, 1.807) is 42.6 Å². The van der Waals surface area contributed by atoms with E-state index >= 15 is 0 Å². The zero-order valence-corrected chi connectivity index (χ0v) is 13.4. The number of amides is 1. The van der Waals surface area contributed by atoms with Gasteiger partial charge in [0.25, 0.3) is 0 Å². The number of nitrogens with zero attached hydrogens (tertiary/aromatic N) is 1. The first-order chi connectivity index (χ1) is 11.5. The number of benzene rings is 2. The molecule has 2 unspecified atom stereocenters. The SMILES string of the molecule is O=C1NN=CC(c2ccc(C[SH](=O)=O)cc2)C1c1ccc(F)cc1. The lowest BCUT2D eigenvalue weighted by molar-refractivity contribution is -0.123. The van der Waals surface area contributed by atoms with Crippen LogP contribution in [0.4, 0.5) is 4.39 Å². The van der Waals surface area contributed by atoms with Crippen molar-refractivity contribution in [2.24, 2.45) is 5.10 Å². The van der Waals surface area contributed by atoms with E-state index in [0.29, 0.717) is 11.1 Å². The maximum absolute atomic E-state index is 13.1. The lowest BCUT2D eigenvalue weighted by Gasteiger charge is -2.26. The molecular weight excluding hydrogens is 331 g/mol. The second-order valence-corrected chi connectivity index (χ2v) is 6.52. The molecule has 0 saturated carbocycles. The largest absolute Gasteiger partial charge is 0.272 e. The highest BCUT2D eigenvalue weighted by molar-refractivity contribution is 7.71. The highest BCUT2D eigenvalue weighted by Gasteiger charge is 2.32. The Balaban J connectivity index is 1.94. The molecule has 0 spiro atoms. The van der Waals surface area contributed by atoms with E-state index in [0.717, 1.165) is 5.56 Å². The fraction of sp³-hybridized carbons (Fsp3) is 0.176. The van der Waals surface area contributed by atoms with Crippen LogP contribution in [0.25, 0.3) is 0 Å². The number of hydrazone groups is 1. The number of carbonyl (C=O) groups is 1.